The molecule has 0 N–H and O–H groups in total. The van der Waals surface area contributed by atoms with E-state index in [0.29, 0.717) is 0 Å². The maximum absolute atomic E-state index is 2.40. The molecule has 110 valence electrons. The van der Waals surface area contributed by atoms with Gasteiger partial charge in [-0.3, -0.25) is 0 Å². The Kier molecular flexibility index (Phi) is 18.3. The molecule has 2 aliphatic rings. The van der Waals surface area contributed by atoms with Crippen LogP contribution in [0.4, 0.5) is 0 Å². The van der Waals surface area contributed by atoms with Gasteiger partial charge in [-0.1, -0.05) is 65.7 Å². The molecule has 0 aliphatic heterocycles. The Morgan fingerprint density at radius 1 is 0.722 bits per heavy atom. The van der Waals surface area contributed by atoms with Crippen molar-refractivity contribution < 1.29 is 17.1 Å². The molecule has 2 atom stereocenters. The van der Waals surface area contributed by atoms with E-state index < -0.39 is 0 Å². The standard InChI is InChI=1S/C10H20.C5H10.2CH3.Fe/c1-4-9-6-8(3)7-10(9)5-2;1-2-4-5-3-1;;;/h8-10H,4-7H2,1-3H3;1-5H2;2*1H3;/q;;2*-1;+4. The zero-order chi connectivity index (χ0) is 11.1. The van der Waals surface area contributed by atoms with Crippen LogP contribution in [0.25, 0.3) is 0 Å². The first-order valence-corrected chi connectivity index (χ1v) is 7.27. The fourth-order valence-electron chi connectivity index (χ4n) is 3.40. The summed E-state index contributed by atoms with van der Waals surface area (Å²) in [5.74, 6) is 3.12. The van der Waals surface area contributed by atoms with Crippen LogP contribution in [0.5, 0.6) is 0 Å². The number of hydrogen-bond donors (Lipinski definition) is 0. The molecule has 2 fully saturated rings. The van der Waals surface area contributed by atoms with E-state index in [-0.39, 0.29) is 31.9 Å². The van der Waals surface area contributed by atoms with Crippen LogP contribution in [0, 0.1) is 32.6 Å². The largest absolute Gasteiger partial charge is 4.00 e. The summed E-state index contributed by atoms with van der Waals surface area (Å²) < 4.78 is 0. The molecule has 0 radical (unpaired) electrons. The van der Waals surface area contributed by atoms with Crippen molar-refractivity contribution in [1.82, 2.24) is 0 Å². The Labute approximate surface area is 128 Å². The summed E-state index contributed by atoms with van der Waals surface area (Å²) >= 11 is 0. The Morgan fingerprint density at radius 3 is 1.22 bits per heavy atom. The molecule has 2 saturated carbocycles. The van der Waals surface area contributed by atoms with Crippen molar-refractivity contribution in [1.29, 1.82) is 0 Å². The van der Waals surface area contributed by atoms with Gasteiger partial charge in [-0.15, -0.1) is 0 Å². The van der Waals surface area contributed by atoms with Gasteiger partial charge in [0.2, 0.25) is 0 Å². The second-order valence-corrected chi connectivity index (χ2v) is 5.68. The van der Waals surface area contributed by atoms with E-state index in [9.17, 15) is 0 Å². The van der Waals surface area contributed by atoms with E-state index >= 15 is 0 Å². The first-order valence-electron chi connectivity index (χ1n) is 7.27. The third-order valence-corrected chi connectivity index (χ3v) is 4.38. The smallest absolute Gasteiger partial charge is 0.358 e. The Bertz CT molecular complexity index is 132. The molecule has 0 bridgehead atoms. The summed E-state index contributed by atoms with van der Waals surface area (Å²) in [6.07, 6.45) is 13.3. The molecular formula is C17H36Fe+2. The van der Waals surface area contributed by atoms with Crippen LogP contribution in [0.3, 0.4) is 0 Å². The van der Waals surface area contributed by atoms with Crippen LogP contribution >= 0.6 is 0 Å². The van der Waals surface area contributed by atoms with Gasteiger partial charge in [-0.05, 0) is 30.6 Å². The molecule has 0 amide bonds. The first kappa shape index (κ1) is 23.6. The van der Waals surface area contributed by atoms with Gasteiger partial charge in [-0.25, -0.2) is 0 Å². The van der Waals surface area contributed by atoms with E-state index in [0.717, 1.165) is 17.8 Å². The minimum atomic E-state index is 0. The van der Waals surface area contributed by atoms with Crippen molar-refractivity contribution >= 4 is 0 Å². The van der Waals surface area contributed by atoms with Crippen molar-refractivity contribution in [3.8, 4) is 0 Å². The number of rotatable bonds is 2. The molecule has 0 spiro atoms. The van der Waals surface area contributed by atoms with E-state index in [1.54, 1.807) is 0 Å². The van der Waals surface area contributed by atoms with Gasteiger partial charge in [0, 0.05) is 0 Å². The minimum Gasteiger partial charge on any atom is -0.358 e. The molecule has 18 heavy (non-hydrogen) atoms. The summed E-state index contributed by atoms with van der Waals surface area (Å²) in [5.41, 5.74) is 0. The average molecular weight is 296 g/mol. The predicted octanol–water partition coefficient (Wildman–Crippen LogP) is 6.32. The Balaban J connectivity index is -0.000000245. The third kappa shape index (κ3) is 8.59. The quantitative estimate of drug-likeness (QED) is 0.413. The van der Waals surface area contributed by atoms with Crippen LogP contribution in [0.2, 0.25) is 0 Å². The molecule has 0 aromatic heterocycles. The van der Waals surface area contributed by atoms with Gasteiger partial charge in [0.1, 0.15) is 0 Å². The zero-order valence-electron chi connectivity index (χ0n) is 13.4. The normalized spacial score (nSPS) is 29.2. The van der Waals surface area contributed by atoms with Crippen molar-refractivity contribution in [2.75, 3.05) is 0 Å². The molecule has 0 aromatic carbocycles. The van der Waals surface area contributed by atoms with E-state index in [4.69, 9.17) is 0 Å². The van der Waals surface area contributed by atoms with E-state index in [2.05, 4.69) is 20.8 Å². The molecule has 0 aromatic rings. The van der Waals surface area contributed by atoms with Crippen molar-refractivity contribution in [3.63, 3.8) is 0 Å². The molecule has 0 nitrogen and oxygen atoms in total. The molecule has 0 saturated heterocycles. The Hall–Kier alpha value is 0.519. The SMILES string of the molecule is C1CCCC1.CCC1CC(C)CC1CC.[CH3-].[CH3-].[Fe+4]. The molecule has 2 rings (SSSR count). The van der Waals surface area contributed by atoms with Crippen LogP contribution in [0.1, 0.15) is 78.6 Å². The zero-order valence-corrected chi connectivity index (χ0v) is 14.6. The topological polar surface area (TPSA) is 0 Å². The Morgan fingerprint density at radius 2 is 1.00 bits per heavy atom. The van der Waals surface area contributed by atoms with Gasteiger partial charge in [-0.2, -0.15) is 0 Å². The van der Waals surface area contributed by atoms with Crippen molar-refractivity contribution in [2.24, 2.45) is 17.8 Å². The van der Waals surface area contributed by atoms with Gasteiger partial charge >= 0.3 is 17.1 Å². The predicted molar refractivity (Wildman–Crippen MR) is 81.9 cm³/mol. The first-order chi connectivity index (χ1) is 7.27. The summed E-state index contributed by atoms with van der Waals surface area (Å²) in [4.78, 5) is 0. The maximum atomic E-state index is 2.40. The van der Waals surface area contributed by atoms with Gasteiger partial charge < -0.3 is 14.9 Å². The van der Waals surface area contributed by atoms with E-state index in [1.807, 2.05) is 0 Å². The van der Waals surface area contributed by atoms with Crippen LogP contribution in [-0.2, 0) is 17.1 Å². The summed E-state index contributed by atoms with van der Waals surface area (Å²) in [6.45, 7) is 7.08. The van der Waals surface area contributed by atoms with Crippen LogP contribution in [0.15, 0.2) is 0 Å². The average Bonchev–Trinajstić information content (AvgIpc) is 2.88. The van der Waals surface area contributed by atoms with Crippen LogP contribution in [-0.4, -0.2) is 0 Å². The molecule has 2 unspecified atom stereocenters. The summed E-state index contributed by atoms with van der Waals surface area (Å²) in [5, 5.41) is 0. The van der Waals surface area contributed by atoms with Crippen LogP contribution < -0.4 is 0 Å². The van der Waals surface area contributed by atoms with Crippen molar-refractivity contribution in [2.45, 2.75) is 78.6 Å². The minimum absolute atomic E-state index is 0. The van der Waals surface area contributed by atoms with E-state index in [1.165, 1.54) is 57.8 Å². The molecule has 2 aliphatic carbocycles. The fourth-order valence-corrected chi connectivity index (χ4v) is 3.40. The maximum Gasteiger partial charge on any atom is 4.00 e. The second-order valence-electron chi connectivity index (χ2n) is 5.68. The van der Waals surface area contributed by atoms with Gasteiger partial charge in [0.15, 0.2) is 0 Å². The number of hydrogen-bond acceptors (Lipinski definition) is 0. The molecule has 1 heteroatoms. The molecular weight excluding hydrogens is 260 g/mol. The van der Waals surface area contributed by atoms with Gasteiger partial charge in [0.05, 0.1) is 0 Å². The summed E-state index contributed by atoms with van der Waals surface area (Å²) in [7, 11) is 0. The fraction of sp³-hybridized carbons (Fsp3) is 0.882. The summed E-state index contributed by atoms with van der Waals surface area (Å²) in [6, 6.07) is 0. The molecule has 0 heterocycles. The van der Waals surface area contributed by atoms with Crippen molar-refractivity contribution in [3.05, 3.63) is 14.9 Å². The third-order valence-electron chi connectivity index (χ3n) is 4.38. The van der Waals surface area contributed by atoms with Gasteiger partial charge in [0.25, 0.3) is 0 Å². The second kappa shape index (κ2) is 13.9. The monoisotopic (exact) mass is 296 g/mol.